The van der Waals surface area contributed by atoms with Crippen LogP contribution in [-0.2, 0) is 22.4 Å². The van der Waals surface area contributed by atoms with Crippen LogP contribution in [0.25, 0.3) is 10.8 Å². The number of carbonyl (C=O) groups excluding carboxylic acids is 2. The molecule has 29 heavy (non-hydrogen) atoms. The molecule has 0 heterocycles. The molecule has 0 aliphatic heterocycles. The van der Waals surface area contributed by atoms with Crippen LogP contribution in [0, 0.1) is 10.1 Å². The molecule has 148 valence electrons. The average molecular weight is 391 g/mol. The van der Waals surface area contributed by atoms with Crippen molar-refractivity contribution in [2.24, 2.45) is 0 Å². The Labute approximate surface area is 167 Å². The number of nitro benzene ring substituents is 1. The highest BCUT2D eigenvalue weighted by atomic mass is 16.6. The van der Waals surface area contributed by atoms with Gasteiger partial charge in [0.1, 0.15) is 0 Å². The van der Waals surface area contributed by atoms with Crippen molar-refractivity contribution >= 4 is 34.0 Å². The van der Waals surface area contributed by atoms with Crippen molar-refractivity contribution in [3.63, 3.8) is 0 Å². The lowest BCUT2D eigenvalue weighted by molar-refractivity contribution is -0.385. The van der Waals surface area contributed by atoms with Crippen molar-refractivity contribution in [3.05, 3.63) is 81.9 Å². The minimum absolute atomic E-state index is 0.0818. The normalized spacial score (nSPS) is 10.5. The van der Waals surface area contributed by atoms with Gasteiger partial charge in [0.25, 0.3) is 5.69 Å². The van der Waals surface area contributed by atoms with Crippen molar-refractivity contribution in [1.82, 2.24) is 5.32 Å². The predicted octanol–water partition coefficient (Wildman–Crippen LogP) is 3.61. The summed E-state index contributed by atoms with van der Waals surface area (Å²) >= 11 is 0. The quantitative estimate of drug-likeness (QED) is 0.381. The maximum absolute atomic E-state index is 12.1. The highest BCUT2D eigenvalue weighted by Crippen LogP contribution is 2.23. The summed E-state index contributed by atoms with van der Waals surface area (Å²) in [5.74, 6) is -1.64. The van der Waals surface area contributed by atoms with Gasteiger partial charge in [-0.3, -0.25) is 19.7 Å². The summed E-state index contributed by atoms with van der Waals surface area (Å²) in [4.78, 5) is 34.8. The number of anilines is 1. The standard InChI is InChI=1S/C22H21N3O4/c1-2-15-10-11-18(14-20(15)25(28)29)24-22(27)21(26)23-13-12-17-8-5-7-16-6-3-4-9-19(16)17/h3-11,14H,2,12-13H2,1H3,(H,23,26)(H,24,27). The second-order valence-corrected chi connectivity index (χ2v) is 6.55. The molecule has 0 saturated carbocycles. The summed E-state index contributed by atoms with van der Waals surface area (Å²) in [7, 11) is 0. The highest BCUT2D eigenvalue weighted by molar-refractivity contribution is 6.39. The van der Waals surface area contributed by atoms with E-state index in [-0.39, 0.29) is 11.4 Å². The average Bonchev–Trinajstić information content (AvgIpc) is 2.73. The molecule has 2 N–H and O–H groups in total. The first-order valence-corrected chi connectivity index (χ1v) is 9.32. The Morgan fingerprint density at radius 3 is 2.48 bits per heavy atom. The number of nitrogens with zero attached hydrogens (tertiary/aromatic N) is 1. The number of nitrogens with one attached hydrogen (secondary N) is 2. The maximum atomic E-state index is 12.1. The molecule has 0 bridgehead atoms. The maximum Gasteiger partial charge on any atom is 0.313 e. The van der Waals surface area contributed by atoms with Crippen molar-refractivity contribution in [1.29, 1.82) is 0 Å². The van der Waals surface area contributed by atoms with E-state index < -0.39 is 16.7 Å². The molecule has 0 saturated heterocycles. The third-order valence-electron chi connectivity index (χ3n) is 4.69. The molecule has 0 atom stereocenters. The van der Waals surface area contributed by atoms with Crippen molar-refractivity contribution in [3.8, 4) is 0 Å². The lowest BCUT2D eigenvalue weighted by atomic mass is 10.0. The molecular formula is C22H21N3O4. The van der Waals surface area contributed by atoms with E-state index in [1.807, 2.05) is 49.4 Å². The summed E-state index contributed by atoms with van der Waals surface area (Å²) < 4.78 is 0. The number of amides is 2. The Bertz CT molecular complexity index is 1070. The van der Waals surface area contributed by atoms with E-state index in [0.717, 1.165) is 16.3 Å². The van der Waals surface area contributed by atoms with Crippen molar-refractivity contribution in [2.75, 3.05) is 11.9 Å². The van der Waals surface area contributed by atoms with Crippen LogP contribution in [0.2, 0.25) is 0 Å². The fourth-order valence-electron chi connectivity index (χ4n) is 3.20. The zero-order chi connectivity index (χ0) is 20.8. The minimum Gasteiger partial charge on any atom is -0.347 e. The number of hydrogen-bond acceptors (Lipinski definition) is 4. The number of nitro groups is 1. The van der Waals surface area contributed by atoms with Gasteiger partial charge in [0, 0.05) is 23.9 Å². The summed E-state index contributed by atoms with van der Waals surface area (Å²) in [6.07, 6.45) is 1.08. The lowest BCUT2D eigenvalue weighted by Crippen LogP contribution is -2.36. The zero-order valence-electron chi connectivity index (χ0n) is 16.0. The SMILES string of the molecule is CCc1ccc(NC(=O)C(=O)NCCc2cccc3ccccc23)cc1[N+](=O)[O-]. The van der Waals surface area contributed by atoms with Gasteiger partial charge >= 0.3 is 11.8 Å². The largest absolute Gasteiger partial charge is 0.347 e. The van der Waals surface area contributed by atoms with Gasteiger partial charge in [-0.2, -0.15) is 0 Å². The molecule has 7 heteroatoms. The molecule has 0 radical (unpaired) electrons. The third-order valence-corrected chi connectivity index (χ3v) is 4.69. The summed E-state index contributed by atoms with van der Waals surface area (Å²) in [6, 6.07) is 18.3. The number of benzene rings is 3. The second-order valence-electron chi connectivity index (χ2n) is 6.55. The van der Waals surface area contributed by atoms with Crippen LogP contribution < -0.4 is 10.6 Å². The Kier molecular flexibility index (Phi) is 6.19. The number of hydrogen-bond donors (Lipinski definition) is 2. The Hall–Kier alpha value is -3.74. The molecule has 3 aromatic rings. The van der Waals surface area contributed by atoms with Crippen molar-refractivity contribution in [2.45, 2.75) is 19.8 Å². The van der Waals surface area contributed by atoms with Crippen molar-refractivity contribution < 1.29 is 14.5 Å². The van der Waals surface area contributed by atoms with Gasteiger partial charge in [-0.15, -0.1) is 0 Å². The smallest absolute Gasteiger partial charge is 0.313 e. The van der Waals surface area contributed by atoms with E-state index in [1.54, 1.807) is 12.1 Å². The Morgan fingerprint density at radius 1 is 0.966 bits per heavy atom. The van der Waals surface area contributed by atoms with E-state index >= 15 is 0 Å². The first-order valence-electron chi connectivity index (χ1n) is 9.32. The molecule has 0 fully saturated rings. The first kappa shape index (κ1) is 20.0. The van der Waals surface area contributed by atoms with Gasteiger partial charge in [-0.05, 0) is 35.2 Å². The molecule has 3 aromatic carbocycles. The van der Waals surface area contributed by atoms with E-state index in [1.165, 1.54) is 6.07 Å². The summed E-state index contributed by atoms with van der Waals surface area (Å²) in [5.41, 5.74) is 1.77. The monoisotopic (exact) mass is 391 g/mol. The van der Waals surface area contributed by atoms with Gasteiger partial charge < -0.3 is 10.6 Å². The fraction of sp³-hybridized carbons (Fsp3) is 0.182. The molecule has 2 amide bonds. The van der Waals surface area contributed by atoms with Crippen LogP contribution >= 0.6 is 0 Å². The van der Waals surface area contributed by atoms with E-state index in [9.17, 15) is 19.7 Å². The molecular weight excluding hydrogens is 370 g/mol. The van der Waals surface area contributed by atoms with Crippen LogP contribution in [0.1, 0.15) is 18.1 Å². The number of aryl methyl sites for hydroxylation is 1. The summed E-state index contributed by atoms with van der Waals surface area (Å²) in [6.45, 7) is 2.11. The number of carbonyl (C=O) groups is 2. The van der Waals surface area contributed by atoms with E-state index in [4.69, 9.17) is 0 Å². The van der Waals surface area contributed by atoms with E-state index in [0.29, 0.717) is 24.9 Å². The lowest BCUT2D eigenvalue weighted by Gasteiger charge is -2.09. The molecule has 0 aliphatic rings. The van der Waals surface area contributed by atoms with Gasteiger partial charge in [0.2, 0.25) is 0 Å². The number of fused-ring (bicyclic) bond motifs is 1. The van der Waals surface area contributed by atoms with Crippen LogP contribution in [0.3, 0.4) is 0 Å². The zero-order valence-corrected chi connectivity index (χ0v) is 16.0. The van der Waals surface area contributed by atoms with E-state index in [2.05, 4.69) is 10.6 Å². The molecule has 0 aromatic heterocycles. The third kappa shape index (κ3) is 4.76. The molecule has 0 spiro atoms. The Balaban J connectivity index is 1.59. The molecule has 3 rings (SSSR count). The van der Waals surface area contributed by atoms with Crippen LogP contribution in [-0.4, -0.2) is 23.3 Å². The predicted molar refractivity (Wildman–Crippen MR) is 112 cm³/mol. The van der Waals surface area contributed by atoms with Crippen LogP contribution in [0.4, 0.5) is 11.4 Å². The van der Waals surface area contributed by atoms with Crippen LogP contribution in [0.15, 0.2) is 60.7 Å². The highest BCUT2D eigenvalue weighted by Gasteiger charge is 2.17. The van der Waals surface area contributed by atoms with Crippen LogP contribution in [0.5, 0.6) is 0 Å². The number of rotatable bonds is 6. The van der Waals surface area contributed by atoms with Gasteiger partial charge in [-0.1, -0.05) is 55.5 Å². The van der Waals surface area contributed by atoms with Gasteiger partial charge in [0.05, 0.1) is 4.92 Å². The first-order chi connectivity index (χ1) is 14.0. The fourth-order valence-corrected chi connectivity index (χ4v) is 3.20. The second kappa shape index (κ2) is 8.97. The van der Waals surface area contributed by atoms with Gasteiger partial charge in [-0.25, -0.2) is 0 Å². The molecule has 0 unspecified atom stereocenters. The topological polar surface area (TPSA) is 101 Å². The molecule has 0 aliphatic carbocycles. The summed E-state index contributed by atoms with van der Waals surface area (Å²) in [5, 5.41) is 18.4. The van der Waals surface area contributed by atoms with Gasteiger partial charge in [0.15, 0.2) is 0 Å². The Morgan fingerprint density at radius 2 is 1.72 bits per heavy atom. The minimum atomic E-state index is -0.860. The molecule has 7 nitrogen and oxygen atoms in total.